The van der Waals surface area contributed by atoms with Gasteiger partial charge in [0.25, 0.3) is 0 Å². The van der Waals surface area contributed by atoms with E-state index in [1.54, 1.807) is 32.1 Å². The zero-order chi connectivity index (χ0) is 24.0. The Morgan fingerprint density at radius 3 is 2.73 bits per heavy atom. The van der Waals surface area contributed by atoms with E-state index >= 15 is 0 Å². The van der Waals surface area contributed by atoms with Crippen molar-refractivity contribution in [2.75, 3.05) is 11.1 Å². The van der Waals surface area contributed by atoms with Crippen LogP contribution >= 0.6 is 23.4 Å². The van der Waals surface area contributed by atoms with E-state index in [1.807, 2.05) is 35.8 Å². The lowest BCUT2D eigenvalue weighted by Gasteiger charge is -2.11. The number of hydrogen-bond acceptors (Lipinski definition) is 6. The molecule has 0 bridgehead atoms. The highest BCUT2D eigenvalue weighted by Crippen LogP contribution is 2.27. The highest BCUT2D eigenvalue weighted by molar-refractivity contribution is 7.99. The van der Waals surface area contributed by atoms with Crippen LogP contribution in [0.15, 0.2) is 60.3 Å². The quantitative estimate of drug-likeness (QED) is 0.249. The molecular formula is C24H25ClN4O3S. The standard InChI is InChI=1S/C24H25ClN4O3S/c1-5-11-29-22(17-8-6-7-16(4)12-17)27-28-24(29)33-14-21(30)26-20-13-18(9-10-19(20)25)23(31)32-15(2)3/h5-10,12-13,15H,1,11,14H2,2-4H3,(H,26,30). The SMILES string of the molecule is C=CCn1c(SCC(=O)Nc2cc(C(=O)OC(C)C)ccc2Cl)nnc1-c1cccc(C)c1. The van der Waals surface area contributed by atoms with Gasteiger partial charge in [-0.3, -0.25) is 9.36 Å². The number of anilines is 1. The molecule has 1 aromatic heterocycles. The number of halogens is 1. The van der Waals surface area contributed by atoms with Gasteiger partial charge in [0.15, 0.2) is 11.0 Å². The maximum atomic E-state index is 12.6. The van der Waals surface area contributed by atoms with E-state index in [1.165, 1.54) is 17.8 Å². The molecule has 9 heteroatoms. The van der Waals surface area contributed by atoms with E-state index < -0.39 is 5.97 Å². The van der Waals surface area contributed by atoms with E-state index in [9.17, 15) is 9.59 Å². The molecule has 7 nitrogen and oxygen atoms in total. The molecule has 3 rings (SSSR count). The third-order valence-corrected chi connectivity index (χ3v) is 5.75. The van der Waals surface area contributed by atoms with Crippen LogP contribution in [0.4, 0.5) is 5.69 Å². The van der Waals surface area contributed by atoms with Gasteiger partial charge in [-0.15, -0.1) is 16.8 Å². The van der Waals surface area contributed by atoms with Gasteiger partial charge in [-0.25, -0.2) is 4.79 Å². The summed E-state index contributed by atoms with van der Waals surface area (Å²) in [5, 5.41) is 12.3. The van der Waals surface area contributed by atoms with Crippen molar-refractivity contribution in [2.45, 2.75) is 38.6 Å². The third-order valence-electron chi connectivity index (χ3n) is 4.46. The molecular weight excluding hydrogens is 460 g/mol. The number of carbonyl (C=O) groups excluding carboxylic acids is 2. The van der Waals surface area contributed by atoms with Crippen molar-refractivity contribution >= 4 is 40.9 Å². The number of aryl methyl sites for hydroxylation is 1. The van der Waals surface area contributed by atoms with Crippen molar-refractivity contribution in [3.63, 3.8) is 0 Å². The van der Waals surface area contributed by atoms with Gasteiger partial charge in [0.05, 0.1) is 28.1 Å². The van der Waals surface area contributed by atoms with Gasteiger partial charge in [0.2, 0.25) is 5.91 Å². The fraction of sp³-hybridized carbons (Fsp3) is 0.250. The van der Waals surface area contributed by atoms with Crippen LogP contribution < -0.4 is 5.32 Å². The monoisotopic (exact) mass is 484 g/mol. The van der Waals surface area contributed by atoms with Crippen LogP contribution in [-0.4, -0.2) is 38.5 Å². The maximum Gasteiger partial charge on any atom is 0.338 e. The normalized spacial score (nSPS) is 10.8. The summed E-state index contributed by atoms with van der Waals surface area (Å²) in [7, 11) is 0. The summed E-state index contributed by atoms with van der Waals surface area (Å²) in [6.07, 6.45) is 1.51. The molecule has 0 aliphatic carbocycles. The Labute approximate surface area is 202 Å². The number of aromatic nitrogens is 3. The Kier molecular flexibility index (Phi) is 8.30. The maximum absolute atomic E-state index is 12.6. The van der Waals surface area contributed by atoms with E-state index in [0.717, 1.165) is 11.1 Å². The molecule has 0 aliphatic heterocycles. The van der Waals surface area contributed by atoms with Crippen LogP contribution in [0.1, 0.15) is 29.8 Å². The number of benzene rings is 2. The van der Waals surface area contributed by atoms with Crippen molar-refractivity contribution in [3.8, 4) is 11.4 Å². The zero-order valence-corrected chi connectivity index (χ0v) is 20.2. The van der Waals surface area contributed by atoms with Gasteiger partial charge in [0.1, 0.15) is 0 Å². The summed E-state index contributed by atoms with van der Waals surface area (Å²) in [5.41, 5.74) is 2.71. The van der Waals surface area contributed by atoms with Crippen LogP contribution in [0.2, 0.25) is 5.02 Å². The van der Waals surface area contributed by atoms with Gasteiger partial charge in [-0.2, -0.15) is 0 Å². The molecule has 172 valence electrons. The molecule has 1 amide bonds. The van der Waals surface area contributed by atoms with Gasteiger partial charge < -0.3 is 10.1 Å². The number of ether oxygens (including phenoxy) is 1. The van der Waals surface area contributed by atoms with Crippen molar-refractivity contribution in [2.24, 2.45) is 0 Å². The van der Waals surface area contributed by atoms with Crippen molar-refractivity contribution in [1.82, 2.24) is 14.8 Å². The number of hydrogen-bond donors (Lipinski definition) is 1. The lowest BCUT2D eigenvalue weighted by molar-refractivity contribution is -0.113. The topological polar surface area (TPSA) is 86.1 Å². The number of nitrogens with one attached hydrogen (secondary N) is 1. The first kappa shape index (κ1) is 24.5. The predicted octanol–water partition coefficient (Wildman–Crippen LogP) is 5.39. The Bertz CT molecular complexity index is 1180. The molecule has 2 aromatic carbocycles. The molecule has 0 spiro atoms. The van der Waals surface area contributed by atoms with E-state index in [2.05, 4.69) is 22.1 Å². The van der Waals surface area contributed by atoms with Gasteiger partial charge in [-0.1, -0.05) is 53.2 Å². The van der Waals surface area contributed by atoms with Gasteiger partial charge in [0, 0.05) is 12.1 Å². The fourth-order valence-electron chi connectivity index (χ4n) is 3.03. The summed E-state index contributed by atoms with van der Waals surface area (Å²) in [6.45, 7) is 9.87. The summed E-state index contributed by atoms with van der Waals surface area (Å²) in [4.78, 5) is 24.7. The van der Waals surface area contributed by atoms with Crippen molar-refractivity contribution in [3.05, 3.63) is 71.3 Å². The minimum atomic E-state index is -0.479. The third kappa shape index (κ3) is 6.46. The molecule has 0 unspecified atom stereocenters. The highest BCUT2D eigenvalue weighted by atomic mass is 35.5. The smallest absolute Gasteiger partial charge is 0.338 e. The zero-order valence-electron chi connectivity index (χ0n) is 18.7. The Morgan fingerprint density at radius 1 is 1.24 bits per heavy atom. The van der Waals surface area contributed by atoms with Crippen molar-refractivity contribution in [1.29, 1.82) is 0 Å². The van der Waals surface area contributed by atoms with Crippen molar-refractivity contribution < 1.29 is 14.3 Å². The largest absolute Gasteiger partial charge is 0.459 e. The predicted molar refractivity (Wildman–Crippen MR) is 132 cm³/mol. The fourth-order valence-corrected chi connectivity index (χ4v) is 3.95. The van der Waals surface area contributed by atoms with Crippen LogP contribution in [-0.2, 0) is 16.1 Å². The number of thioether (sulfide) groups is 1. The first-order valence-corrected chi connectivity index (χ1v) is 11.7. The minimum Gasteiger partial charge on any atom is -0.459 e. The van der Waals surface area contributed by atoms with E-state index in [0.29, 0.717) is 33.8 Å². The van der Waals surface area contributed by atoms with E-state index in [-0.39, 0.29) is 17.8 Å². The summed E-state index contributed by atoms with van der Waals surface area (Å²) >= 11 is 7.46. The highest BCUT2D eigenvalue weighted by Gasteiger charge is 2.17. The molecule has 0 saturated carbocycles. The summed E-state index contributed by atoms with van der Waals surface area (Å²) in [5.74, 6) is 0.0234. The first-order chi connectivity index (χ1) is 15.8. The summed E-state index contributed by atoms with van der Waals surface area (Å²) < 4.78 is 7.11. The molecule has 1 heterocycles. The van der Waals surface area contributed by atoms with Crippen LogP contribution in [0.3, 0.4) is 0 Å². The van der Waals surface area contributed by atoms with Crippen LogP contribution in [0.25, 0.3) is 11.4 Å². The average molecular weight is 485 g/mol. The second-order valence-electron chi connectivity index (χ2n) is 7.56. The van der Waals surface area contributed by atoms with Gasteiger partial charge in [-0.05, 0) is 45.0 Å². The second-order valence-corrected chi connectivity index (χ2v) is 8.91. The second kappa shape index (κ2) is 11.2. The van der Waals surface area contributed by atoms with E-state index in [4.69, 9.17) is 16.3 Å². The molecule has 33 heavy (non-hydrogen) atoms. The molecule has 3 aromatic rings. The summed E-state index contributed by atoms with van der Waals surface area (Å²) in [6, 6.07) is 12.6. The average Bonchev–Trinajstić information content (AvgIpc) is 3.16. The number of nitrogens with zero attached hydrogens (tertiary/aromatic N) is 3. The molecule has 0 aliphatic rings. The molecule has 1 N–H and O–H groups in total. The number of allylic oxidation sites excluding steroid dienone is 1. The van der Waals surface area contributed by atoms with Crippen LogP contribution in [0, 0.1) is 6.92 Å². The Hall–Kier alpha value is -3.10. The molecule has 0 atom stereocenters. The molecule has 0 radical (unpaired) electrons. The Balaban J connectivity index is 1.71. The van der Waals surface area contributed by atoms with Crippen LogP contribution in [0.5, 0.6) is 0 Å². The lowest BCUT2D eigenvalue weighted by Crippen LogP contribution is -2.16. The Morgan fingerprint density at radius 2 is 2.03 bits per heavy atom. The van der Waals surface area contributed by atoms with Gasteiger partial charge >= 0.3 is 5.97 Å². The first-order valence-electron chi connectivity index (χ1n) is 10.3. The minimum absolute atomic E-state index is 0.0834. The number of carbonyl (C=O) groups is 2. The molecule has 0 saturated heterocycles. The number of esters is 1. The molecule has 0 fully saturated rings. The number of amides is 1. The lowest BCUT2D eigenvalue weighted by atomic mass is 10.1. The number of rotatable bonds is 9.